The number of piperazine rings is 1. The molecule has 1 heterocycles. The van der Waals surface area contributed by atoms with E-state index in [0.29, 0.717) is 30.8 Å². The maximum atomic E-state index is 12.4. The first-order chi connectivity index (χ1) is 13.2. The number of rotatable bonds is 2. The van der Waals surface area contributed by atoms with Gasteiger partial charge in [0.1, 0.15) is 5.60 Å². The third-order valence-corrected chi connectivity index (χ3v) is 5.09. The summed E-state index contributed by atoms with van der Waals surface area (Å²) in [5.41, 5.74) is 1.47. The zero-order valence-electron chi connectivity index (χ0n) is 16.7. The van der Waals surface area contributed by atoms with Gasteiger partial charge in [0.2, 0.25) is 0 Å². The van der Waals surface area contributed by atoms with Crippen molar-refractivity contribution in [1.82, 2.24) is 4.90 Å². The summed E-state index contributed by atoms with van der Waals surface area (Å²) in [4.78, 5) is 28.5. The van der Waals surface area contributed by atoms with E-state index in [1.165, 1.54) is 16.0 Å². The molecule has 2 rings (SSSR count). The predicted octanol–water partition coefficient (Wildman–Crippen LogP) is 4.31. The third-order valence-electron chi connectivity index (χ3n) is 4.25. The molecule has 1 atom stereocenters. The highest BCUT2D eigenvalue weighted by Crippen LogP contribution is 2.24. The molecule has 0 aromatic heterocycles. The Balaban J connectivity index is 2.19. The van der Waals surface area contributed by atoms with Gasteiger partial charge in [-0.05, 0) is 60.1 Å². The van der Waals surface area contributed by atoms with Gasteiger partial charge in [-0.3, -0.25) is 0 Å². The number of methoxy groups -OCH3 is 1. The van der Waals surface area contributed by atoms with E-state index in [0.717, 1.165) is 5.69 Å². The molecule has 1 unspecified atom stereocenters. The van der Waals surface area contributed by atoms with Crippen molar-refractivity contribution in [3.63, 3.8) is 0 Å². The molecule has 1 aromatic rings. The Labute approximate surface area is 182 Å². The van der Waals surface area contributed by atoms with Crippen LogP contribution >= 0.6 is 30.1 Å². The SMILES string of the molecule is COC(=O)c1cc(N2CCN(C(=O)OC(C)(C)C)C(C)C2)ccc1C#CSI. The standard InChI is InChI=1S/C20H25IN2O4S/c1-14-13-22(9-10-23(14)19(25)27-20(2,3)4)16-7-6-15(8-11-28-21)17(12-16)18(24)26-5/h6-7,12,14H,9-10,13H2,1-5H3. The third kappa shape index (κ3) is 5.95. The number of halogens is 1. The number of carbonyl (C=O) groups excluding carboxylic acids is 2. The Hall–Kier alpha value is -1.60. The van der Waals surface area contributed by atoms with Crippen LogP contribution in [-0.4, -0.2) is 55.3 Å². The van der Waals surface area contributed by atoms with E-state index in [-0.39, 0.29) is 12.1 Å². The van der Waals surface area contributed by atoms with Gasteiger partial charge in [-0.15, -0.1) is 0 Å². The van der Waals surface area contributed by atoms with E-state index in [1.807, 2.05) is 45.9 Å². The Kier molecular flexibility index (Phi) is 7.89. The summed E-state index contributed by atoms with van der Waals surface area (Å²) < 4.78 is 10.4. The molecular weight excluding hydrogens is 491 g/mol. The largest absolute Gasteiger partial charge is 0.465 e. The number of ether oxygens (including phenoxy) is 2. The molecular formula is C20H25IN2O4S. The molecule has 6 nitrogen and oxygen atoms in total. The van der Waals surface area contributed by atoms with E-state index in [9.17, 15) is 9.59 Å². The van der Waals surface area contributed by atoms with E-state index in [4.69, 9.17) is 9.47 Å². The number of benzene rings is 1. The average Bonchev–Trinajstić information content (AvgIpc) is 2.64. The number of hydrogen-bond acceptors (Lipinski definition) is 6. The minimum atomic E-state index is -0.517. The lowest BCUT2D eigenvalue weighted by Gasteiger charge is -2.41. The zero-order chi connectivity index (χ0) is 20.9. The van der Waals surface area contributed by atoms with Crippen molar-refractivity contribution in [2.45, 2.75) is 39.3 Å². The lowest BCUT2D eigenvalue weighted by molar-refractivity contribution is 0.0159. The molecule has 8 heteroatoms. The van der Waals surface area contributed by atoms with Crippen LogP contribution in [0.25, 0.3) is 0 Å². The van der Waals surface area contributed by atoms with Crippen molar-refractivity contribution in [3.8, 4) is 11.2 Å². The lowest BCUT2D eigenvalue weighted by atomic mass is 10.1. The Bertz CT molecular complexity index is 798. The molecule has 1 amide bonds. The molecule has 0 aliphatic carbocycles. The summed E-state index contributed by atoms with van der Waals surface area (Å²) in [6, 6.07) is 5.58. The summed E-state index contributed by atoms with van der Waals surface area (Å²) in [5.74, 6) is 2.57. The van der Waals surface area contributed by atoms with Crippen LogP contribution in [0.3, 0.4) is 0 Å². The second-order valence-corrected chi connectivity index (χ2v) is 9.17. The van der Waals surface area contributed by atoms with Crippen molar-refractivity contribution in [1.29, 1.82) is 0 Å². The van der Waals surface area contributed by atoms with Crippen molar-refractivity contribution >= 4 is 47.9 Å². The molecule has 0 saturated carbocycles. The maximum absolute atomic E-state index is 12.4. The lowest BCUT2D eigenvalue weighted by Crippen LogP contribution is -2.55. The number of hydrogen-bond donors (Lipinski definition) is 0. The van der Waals surface area contributed by atoms with Crippen molar-refractivity contribution in [2.75, 3.05) is 31.6 Å². The van der Waals surface area contributed by atoms with Crippen LogP contribution in [-0.2, 0) is 9.47 Å². The highest BCUT2D eigenvalue weighted by Gasteiger charge is 2.31. The average molecular weight is 516 g/mol. The number of nitrogens with zero attached hydrogens (tertiary/aromatic N) is 2. The normalized spacial score (nSPS) is 16.9. The Morgan fingerprint density at radius 2 is 2.00 bits per heavy atom. The molecule has 152 valence electrons. The molecule has 1 aliphatic rings. The quantitative estimate of drug-likeness (QED) is 0.332. The first-order valence-electron chi connectivity index (χ1n) is 8.92. The van der Waals surface area contributed by atoms with Gasteiger partial charge in [-0.25, -0.2) is 9.59 Å². The van der Waals surface area contributed by atoms with Gasteiger partial charge >= 0.3 is 12.1 Å². The van der Waals surface area contributed by atoms with E-state index in [2.05, 4.69) is 37.3 Å². The van der Waals surface area contributed by atoms with Gasteiger partial charge < -0.3 is 19.3 Å². The molecule has 1 fully saturated rings. The number of esters is 1. The zero-order valence-corrected chi connectivity index (χ0v) is 19.7. The summed E-state index contributed by atoms with van der Waals surface area (Å²) in [6.07, 6.45) is -0.295. The summed E-state index contributed by atoms with van der Waals surface area (Å²) in [6.45, 7) is 9.43. The number of carbonyl (C=O) groups is 2. The first-order valence-corrected chi connectivity index (χ1v) is 12.3. The minimum absolute atomic E-state index is 0.0138. The van der Waals surface area contributed by atoms with Gasteiger partial charge in [-0.1, -0.05) is 5.92 Å². The fourth-order valence-corrected chi connectivity index (χ4v) is 3.45. The molecule has 0 radical (unpaired) electrons. The highest BCUT2D eigenvalue weighted by atomic mass is 127. The van der Waals surface area contributed by atoms with Gasteiger partial charge in [0.15, 0.2) is 0 Å². The highest BCUT2D eigenvalue weighted by molar-refractivity contribution is 14.2. The molecule has 0 bridgehead atoms. The topological polar surface area (TPSA) is 59.1 Å². The molecule has 28 heavy (non-hydrogen) atoms. The van der Waals surface area contributed by atoms with Crippen LogP contribution in [0.2, 0.25) is 0 Å². The van der Waals surface area contributed by atoms with Gasteiger partial charge in [0.25, 0.3) is 0 Å². The minimum Gasteiger partial charge on any atom is -0.465 e. The number of anilines is 1. The van der Waals surface area contributed by atoms with Crippen LogP contribution in [0.4, 0.5) is 10.5 Å². The summed E-state index contributed by atoms with van der Waals surface area (Å²) in [7, 11) is 2.72. The molecule has 1 saturated heterocycles. The maximum Gasteiger partial charge on any atom is 0.410 e. The second kappa shape index (κ2) is 9.74. The summed E-state index contributed by atoms with van der Waals surface area (Å²) in [5, 5.41) is 2.90. The van der Waals surface area contributed by atoms with Gasteiger partial charge in [-0.2, -0.15) is 0 Å². The van der Waals surface area contributed by atoms with Crippen LogP contribution in [0, 0.1) is 11.2 Å². The molecule has 0 N–H and O–H groups in total. The molecule has 1 aliphatic heterocycles. The van der Waals surface area contributed by atoms with Gasteiger partial charge in [0, 0.05) is 58.1 Å². The van der Waals surface area contributed by atoms with Crippen molar-refractivity contribution in [2.24, 2.45) is 0 Å². The van der Waals surface area contributed by atoms with E-state index < -0.39 is 11.6 Å². The van der Waals surface area contributed by atoms with E-state index in [1.54, 1.807) is 4.90 Å². The predicted molar refractivity (Wildman–Crippen MR) is 121 cm³/mol. The molecule has 1 aromatic carbocycles. The fraction of sp³-hybridized carbons (Fsp3) is 0.500. The first kappa shape index (κ1) is 22.7. The van der Waals surface area contributed by atoms with Gasteiger partial charge in [0.05, 0.1) is 12.7 Å². The van der Waals surface area contributed by atoms with E-state index >= 15 is 0 Å². The van der Waals surface area contributed by atoms with Crippen molar-refractivity contribution < 1.29 is 19.1 Å². The second-order valence-electron chi connectivity index (χ2n) is 7.49. The smallest absolute Gasteiger partial charge is 0.410 e. The summed E-state index contributed by atoms with van der Waals surface area (Å²) >= 11 is 2.09. The van der Waals surface area contributed by atoms with Crippen molar-refractivity contribution in [3.05, 3.63) is 29.3 Å². The van der Waals surface area contributed by atoms with Crippen LogP contribution in [0.5, 0.6) is 0 Å². The van der Waals surface area contributed by atoms with Crippen LogP contribution in [0.15, 0.2) is 18.2 Å². The monoisotopic (exact) mass is 516 g/mol. The Morgan fingerprint density at radius 3 is 2.57 bits per heavy atom. The molecule has 0 spiro atoms. The van der Waals surface area contributed by atoms with Crippen LogP contribution in [0.1, 0.15) is 43.6 Å². The Morgan fingerprint density at radius 1 is 1.29 bits per heavy atom. The van der Waals surface area contributed by atoms with Crippen LogP contribution < -0.4 is 4.90 Å². The number of amides is 1. The fourth-order valence-electron chi connectivity index (χ4n) is 2.97.